The Labute approximate surface area is 120 Å². The Hall–Kier alpha value is -2.44. The van der Waals surface area contributed by atoms with Gasteiger partial charge in [0, 0.05) is 19.7 Å². The van der Waals surface area contributed by atoms with Crippen LogP contribution in [0.15, 0.2) is 18.2 Å². The number of anilines is 1. The van der Waals surface area contributed by atoms with Crippen molar-refractivity contribution in [1.29, 1.82) is 0 Å². The molecule has 0 aromatic heterocycles. The minimum Gasteiger partial charge on any atom is -0.478 e. The Bertz CT molecular complexity index is 550. The van der Waals surface area contributed by atoms with E-state index in [0.29, 0.717) is 0 Å². The van der Waals surface area contributed by atoms with Crippen LogP contribution in [-0.2, 0) is 9.59 Å². The van der Waals surface area contributed by atoms with Gasteiger partial charge < -0.3 is 15.3 Å². The van der Waals surface area contributed by atoms with Crippen LogP contribution >= 0.6 is 0 Å². The highest BCUT2D eigenvalue weighted by Crippen LogP contribution is 2.25. The summed E-state index contributed by atoms with van der Waals surface area (Å²) in [5.41, 5.74) is -0.222. The predicted molar refractivity (Wildman–Crippen MR) is 75.0 cm³/mol. The first-order valence-corrected chi connectivity index (χ1v) is 6.24. The van der Waals surface area contributed by atoms with Crippen molar-refractivity contribution in [2.45, 2.75) is 6.92 Å². The fourth-order valence-corrected chi connectivity index (χ4v) is 1.75. The number of nitrogens with one attached hydrogen (secondary N) is 1. The van der Waals surface area contributed by atoms with Crippen molar-refractivity contribution in [1.82, 2.24) is 5.32 Å². The Morgan fingerprint density at radius 2 is 1.90 bits per heavy atom. The minimum absolute atomic E-state index is 0.0900. The molecule has 0 saturated heterocycles. The molecule has 1 amide bonds. The van der Waals surface area contributed by atoms with E-state index in [1.54, 1.807) is 6.92 Å². The zero-order chi connectivity index (χ0) is 16.0. The standard InChI is InChI=1S/C14H16F2N2O3/c1-3-18(8-12(19)17-2)14-10(15)6-9(7-11(14)16)4-5-13(20)21/h4-7H,3,8H2,1-2H3,(H,17,19)(H,20,21). The molecule has 114 valence electrons. The van der Waals surface area contributed by atoms with Crippen molar-refractivity contribution in [2.75, 3.05) is 25.0 Å². The van der Waals surface area contributed by atoms with Gasteiger partial charge >= 0.3 is 5.97 Å². The monoisotopic (exact) mass is 298 g/mol. The second kappa shape index (κ2) is 7.37. The lowest BCUT2D eigenvalue weighted by atomic mass is 10.1. The topological polar surface area (TPSA) is 69.6 Å². The highest BCUT2D eigenvalue weighted by molar-refractivity contribution is 5.85. The molecule has 0 unspecified atom stereocenters. The highest BCUT2D eigenvalue weighted by Gasteiger charge is 2.18. The van der Waals surface area contributed by atoms with E-state index >= 15 is 0 Å². The van der Waals surface area contributed by atoms with Gasteiger partial charge in [-0.05, 0) is 30.7 Å². The molecule has 0 spiro atoms. The number of carboxylic acid groups (broad SMARTS) is 1. The summed E-state index contributed by atoms with van der Waals surface area (Å²) in [5, 5.41) is 10.9. The van der Waals surface area contributed by atoms with E-state index < -0.39 is 17.6 Å². The normalized spacial score (nSPS) is 10.7. The number of likely N-dealkylation sites (N-methyl/N-ethyl adjacent to an activating group) is 2. The van der Waals surface area contributed by atoms with Crippen molar-refractivity contribution in [3.8, 4) is 0 Å². The van der Waals surface area contributed by atoms with E-state index in [1.165, 1.54) is 11.9 Å². The lowest BCUT2D eigenvalue weighted by Gasteiger charge is -2.23. The number of aliphatic carboxylic acids is 1. The van der Waals surface area contributed by atoms with Crippen LogP contribution in [0.1, 0.15) is 12.5 Å². The van der Waals surface area contributed by atoms with E-state index in [-0.39, 0.29) is 30.2 Å². The van der Waals surface area contributed by atoms with Gasteiger partial charge in [-0.25, -0.2) is 13.6 Å². The number of carbonyl (C=O) groups excluding carboxylic acids is 1. The number of carbonyl (C=O) groups is 2. The lowest BCUT2D eigenvalue weighted by molar-refractivity contribution is -0.131. The average molecular weight is 298 g/mol. The molecule has 0 saturated carbocycles. The minimum atomic E-state index is -1.21. The molecule has 0 atom stereocenters. The number of amides is 1. The van der Waals surface area contributed by atoms with E-state index in [4.69, 9.17) is 5.11 Å². The SMILES string of the molecule is CCN(CC(=O)NC)c1c(F)cc(C=CC(=O)O)cc1F. The Kier molecular flexibility index (Phi) is 5.83. The third-order valence-electron chi connectivity index (χ3n) is 2.77. The molecule has 0 aliphatic rings. The van der Waals surface area contributed by atoms with Gasteiger partial charge in [-0.2, -0.15) is 0 Å². The van der Waals surface area contributed by atoms with Crippen LogP contribution in [0.3, 0.4) is 0 Å². The molecular formula is C14H16F2N2O3. The molecule has 0 bridgehead atoms. The third-order valence-corrected chi connectivity index (χ3v) is 2.77. The van der Waals surface area contributed by atoms with Crippen molar-refractivity contribution >= 4 is 23.6 Å². The quantitative estimate of drug-likeness (QED) is 0.783. The molecule has 0 aliphatic carbocycles. The van der Waals surface area contributed by atoms with Crippen LogP contribution in [-0.4, -0.2) is 37.1 Å². The summed E-state index contributed by atoms with van der Waals surface area (Å²) in [6, 6.07) is 2.04. The first-order chi connectivity index (χ1) is 9.88. The van der Waals surface area contributed by atoms with Gasteiger partial charge in [0.1, 0.15) is 17.3 Å². The predicted octanol–water partition coefficient (Wildman–Crippen LogP) is 1.63. The number of carboxylic acids is 1. The van der Waals surface area contributed by atoms with Gasteiger partial charge in [-0.15, -0.1) is 0 Å². The number of halogens is 2. The molecule has 0 radical (unpaired) electrons. The van der Waals surface area contributed by atoms with E-state index in [2.05, 4.69) is 5.32 Å². The molecular weight excluding hydrogens is 282 g/mol. The van der Waals surface area contributed by atoms with Crippen LogP contribution in [0.5, 0.6) is 0 Å². The molecule has 0 aliphatic heterocycles. The number of hydrogen-bond acceptors (Lipinski definition) is 3. The van der Waals surface area contributed by atoms with Crippen LogP contribution in [0.2, 0.25) is 0 Å². The largest absolute Gasteiger partial charge is 0.478 e. The van der Waals surface area contributed by atoms with Gasteiger partial charge in [0.05, 0.1) is 6.54 Å². The molecule has 0 heterocycles. The molecule has 0 fully saturated rings. The van der Waals surface area contributed by atoms with Gasteiger partial charge in [0.25, 0.3) is 0 Å². The van der Waals surface area contributed by atoms with Gasteiger partial charge in [-0.3, -0.25) is 4.79 Å². The average Bonchev–Trinajstić information content (AvgIpc) is 2.42. The number of benzene rings is 1. The fourth-order valence-electron chi connectivity index (χ4n) is 1.75. The van der Waals surface area contributed by atoms with E-state index in [1.807, 2.05) is 0 Å². The van der Waals surface area contributed by atoms with Crippen LogP contribution in [0.4, 0.5) is 14.5 Å². The highest BCUT2D eigenvalue weighted by atomic mass is 19.1. The second-order valence-corrected chi connectivity index (χ2v) is 4.19. The molecule has 1 aromatic carbocycles. The summed E-state index contributed by atoms with van der Waals surface area (Å²) >= 11 is 0. The Morgan fingerprint density at radius 1 is 1.33 bits per heavy atom. The third kappa shape index (κ3) is 4.55. The summed E-state index contributed by atoms with van der Waals surface area (Å²) < 4.78 is 28.1. The van der Waals surface area contributed by atoms with Crippen molar-refractivity contribution in [2.24, 2.45) is 0 Å². The summed E-state index contributed by atoms with van der Waals surface area (Å²) in [7, 11) is 1.43. The fraction of sp³-hybridized carbons (Fsp3) is 0.286. The smallest absolute Gasteiger partial charge is 0.328 e. The first-order valence-electron chi connectivity index (χ1n) is 6.24. The molecule has 1 rings (SSSR count). The molecule has 7 heteroatoms. The number of nitrogens with zero attached hydrogens (tertiary/aromatic N) is 1. The van der Waals surface area contributed by atoms with Crippen molar-refractivity contribution in [3.05, 3.63) is 35.4 Å². The van der Waals surface area contributed by atoms with Crippen LogP contribution in [0, 0.1) is 11.6 Å². The maximum atomic E-state index is 14.0. The van der Waals surface area contributed by atoms with Crippen LogP contribution in [0.25, 0.3) is 6.08 Å². The summed E-state index contributed by atoms with van der Waals surface area (Å²) in [6.07, 6.45) is 1.88. The Balaban J connectivity index is 3.13. The zero-order valence-electron chi connectivity index (χ0n) is 11.7. The summed E-state index contributed by atoms with van der Waals surface area (Å²) in [6.45, 7) is 1.73. The molecule has 21 heavy (non-hydrogen) atoms. The maximum absolute atomic E-state index is 14.0. The first kappa shape index (κ1) is 16.6. The lowest BCUT2D eigenvalue weighted by Crippen LogP contribution is -2.36. The zero-order valence-corrected chi connectivity index (χ0v) is 11.7. The number of hydrogen-bond donors (Lipinski definition) is 2. The Morgan fingerprint density at radius 3 is 2.33 bits per heavy atom. The maximum Gasteiger partial charge on any atom is 0.328 e. The van der Waals surface area contributed by atoms with Crippen LogP contribution < -0.4 is 10.2 Å². The molecule has 2 N–H and O–H groups in total. The van der Waals surface area contributed by atoms with E-state index in [9.17, 15) is 18.4 Å². The van der Waals surface area contributed by atoms with Gasteiger partial charge in [-0.1, -0.05) is 0 Å². The van der Waals surface area contributed by atoms with E-state index in [0.717, 1.165) is 24.3 Å². The van der Waals surface area contributed by atoms with Gasteiger partial charge in [0.15, 0.2) is 0 Å². The summed E-state index contributed by atoms with van der Waals surface area (Å²) in [4.78, 5) is 23.0. The van der Waals surface area contributed by atoms with Crippen molar-refractivity contribution < 1.29 is 23.5 Å². The molecule has 1 aromatic rings. The van der Waals surface area contributed by atoms with Crippen molar-refractivity contribution in [3.63, 3.8) is 0 Å². The second-order valence-electron chi connectivity index (χ2n) is 4.19. The summed E-state index contributed by atoms with van der Waals surface area (Å²) in [5.74, 6) is -3.29. The molecule has 5 nitrogen and oxygen atoms in total. The van der Waals surface area contributed by atoms with Gasteiger partial charge in [0.2, 0.25) is 5.91 Å². The number of rotatable bonds is 6.